The minimum atomic E-state index is -0.140. The van der Waals surface area contributed by atoms with E-state index in [2.05, 4.69) is 22.2 Å². The Morgan fingerprint density at radius 3 is 2.72 bits per heavy atom. The summed E-state index contributed by atoms with van der Waals surface area (Å²) in [6, 6.07) is 15.1. The molecule has 0 aliphatic rings. The molecular formula is C22H27N4O2S+. The molecule has 0 bridgehead atoms. The zero-order valence-corrected chi connectivity index (χ0v) is 17.6. The Morgan fingerprint density at radius 1 is 1.17 bits per heavy atom. The van der Waals surface area contributed by atoms with Crippen LogP contribution in [0.5, 0.6) is 0 Å². The lowest BCUT2D eigenvalue weighted by Crippen LogP contribution is -3.12. The molecule has 152 valence electrons. The number of unbranched alkanes of at least 4 members (excludes halogenated alkanes) is 1. The Bertz CT molecular complexity index is 1030. The molecule has 0 aliphatic carbocycles. The van der Waals surface area contributed by atoms with Gasteiger partial charge in [-0.2, -0.15) is 0 Å². The van der Waals surface area contributed by atoms with Gasteiger partial charge in [0.05, 0.1) is 23.1 Å². The Labute approximate surface area is 174 Å². The highest BCUT2D eigenvalue weighted by Gasteiger charge is 2.17. The predicted octanol–water partition coefficient (Wildman–Crippen LogP) is 2.47. The molecule has 1 unspecified atom stereocenters. The largest absolute Gasteiger partial charge is 0.321 e. The zero-order chi connectivity index (χ0) is 20.6. The molecule has 7 heteroatoms. The molecule has 0 fully saturated rings. The molecule has 29 heavy (non-hydrogen) atoms. The maximum absolute atomic E-state index is 12.7. The fourth-order valence-electron chi connectivity index (χ4n) is 3.29. The van der Waals surface area contributed by atoms with Crippen molar-refractivity contribution in [2.24, 2.45) is 0 Å². The average Bonchev–Trinajstić information content (AvgIpc) is 2.72. The van der Waals surface area contributed by atoms with Crippen molar-refractivity contribution >= 4 is 34.3 Å². The summed E-state index contributed by atoms with van der Waals surface area (Å²) < 4.78 is 0. The first-order chi connectivity index (χ1) is 14.1. The summed E-state index contributed by atoms with van der Waals surface area (Å²) in [7, 11) is 0. The van der Waals surface area contributed by atoms with Gasteiger partial charge in [0, 0.05) is 4.90 Å². The third-order valence-electron chi connectivity index (χ3n) is 4.75. The van der Waals surface area contributed by atoms with E-state index in [1.165, 1.54) is 0 Å². The van der Waals surface area contributed by atoms with Gasteiger partial charge in [-0.1, -0.05) is 37.6 Å². The van der Waals surface area contributed by atoms with Crippen LogP contribution in [0.1, 0.15) is 25.6 Å². The summed E-state index contributed by atoms with van der Waals surface area (Å²) in [5.41, 5.74) is 1.37. The van der Waals surface area contributed by atoms with Crippen molar-refractivity contribution in [3.05, 3.63) is 64.7 Å². The molecule has 0 saturated carbocycles. The topological polar surface area (TPSA) is 79.3 Å². The van der Waals surface area contributed by atoms with E-state index in [9.17, 15) is 9.59 Å². The average molecular weight is 412 g/mol. The van der Waals surface area contributed by atoms with Gasteiger partial charge in [0.15, 0.2) is 12.4 Å². The minimum absolute atomic E-state index is 0.0410. The number of nitrogens with one attached hydrogen (secondary N) is 3. The highest BCUT2D eigenvalue weighted by molar-refractivity contribution is 7.98. The van der Waals surface area contributed by atoms with Crippen LogP contribution in [0.3, 0.4) is 0 Å². The molecule has 1 atom stereocenters. The van der Waals surface area contributed by atoms with Gasteiger partial charge in [-0.05, 0) is 36.9 Å². The number of thioether (sulfide) groups is 1. The molecule has 3 rings (SSSR count). The molecule has 0 spiro atoms. The van der Waals surface area contributed by atoms with Gasteiger partial charge >= 0.3 is 0 Å². The van der Waals surface area contributed by atoms with Crippen LogP contribution >= 0.6 is 11.8 Å². The molecule has 0 radical (unpaired) electrons. The number of hydrogen-bond donors (Lipinski definition) is 3. The molecule has 0 aliphatic heterocycles. The Hall–Kier alpha value is -2.64. The highest BCUT2D eigenvalue weighted by Crippen LogP contribution is 2.24. The molecule has 1 amide bonds. The lowest BCUT2D eigenvalue weighted by atomic mass is 10.2. The van der Waals surface area contributed by atoms with Crippen molar-refractivity contribution in [1.29, 1.82) is 0 Å². The van der Waals surface area contributed by atoms with Crippen molar-refractivity contribution < 1.29 is 9.69 Å². The first-order valence-electron chi connectivity index (χ1n) is 9.85. The molecule has 2 aromatic carbocycles. The van der Waals surface area contributed by atoms with Crippen LogP contribution in [0.25, 0.3) is 10.9 Å². The van der Waals surface area contributed by atoms with Crippen LogP contribution in [-0.2, 0) is 11.3 Å². The third-order valence-corrected chi connectivity index (χ3v) is 5.55. The maximum Gasteiger partial charge on any atom is 0.279 e. The van der Waals surface area contributed by atoms with Crippen LogP contribution < -0.4 is 15.8 Å². The highest BCUT2D eigenvalue weighted by atomic mass is 32.2. The number of aromatic amines is 1. The van der Waals surface area contributed by atoms with Gasteiger partial charge in [-0.15, -0.1) is 11.8 Å². The van der Waals surface area contributed by atoms with Crippen molar-refractivity contribution in [2.45, 2.75) is 31.2 Å². The molecule has 1 heterocycles. The fourth-order valence-corrected chi connectivity index (χ4v) is 3.84. The number of amides is 1. The fraction of sp³-hybridized carbons (Fsp3) is 0.318. The molecule has 3 N–H and O–H groups in total. The minimum Gasteiger partial charge on any atom is -0.321 e. The number of nitrogens with zero attached hydrogens (tertiary/aromatic N) is 1. The van der Waals surface area contributed by atoms with Crippen LogP contribution in [0.15, 0.2) is 58.2 Å². The number of benzene rings is 2. The number of aromatic nitrogens is 2. The van der Waals surface area contributed by atoms with Gasteiger partial charge in [0.25, 0.3) is 11.5 Å². The SMILES string of the molecule is CCCC[NH+](CC(=O)Nc1ccccc1SC)Cc1nc2ccccc2c(=O)[nH]1. The number of carbonyl (C=O) groups is 1. The quantitative estimate of drug-likeness (QED) is 0.473. The van der Waals surface area contributed by atoms with Crippen LogP contribution in [0.2, 0.25) is 0 Å². The van der Waals surface area contributed by atoms with Crippen molar-refractivity contribution in [1.82, 2.24) is 9.97 Å². The number of anilines is 1. The first-order valence-corrected chi connectivity index (χ1v) is 11.1. The van der Waals surface area contributed by atoms with Crippen molar-refractivity contribution in [2.75, 3.05) is 24.7 Å². The van der Waals surface area contributed by atoms with Gasteiger partial charge in [0.2, 0.25) is 0 Å². The van der Waals surface area contributed by atoms with Gasteiger partial charge in [0.1, 0.15) is 6.54 Å². The smallest absolute Gasteiger partial charge is 0.279 e. The number of para-hydroxylation sites is 2. The summed E-state index contributed by atoms with van der Waals surface area (Å²) >= 11 is 1.60. The monoisotopic (exact) mass is 411 g/mol. The summed E-state index contributed by atoms with van der Waals surface area (Å²) in [5.74, 6) is 0.567. The van der Waals surface area contributed by atoms with E-state index >= 15 is 0 Å². The summed E-state index contributed by atoms with van der Waals surface area (Å²) in [6.45, 7) is 3.78. The third kappa shape index (κ3) is 5.68. The van der Waals surface area contributed by atoms with Gasteiger partial charge in [-0.25, -0.2) is 4.98 Å². The number of carbonyl (C=O) groups excluding carboxylic acids is 1. The van der Waals surface area contributed by atoms with Crippen molar-refractivity contribution in [3.63, 3.8) is 0 Å². The second kappa shape index (κ2) is 10.2. The van der Waals surface area contributed by atoms with E-state index in [1.807, 2.05) is 48.7 Å². The van der Waals surface area contributed by atoms with E-state index in [1.54, 1.807) is 17.8 Å². The van der Waals surface area contributed by atoms with Crippen LogP contribution in [-0.4, -0.2) is 35.2 Å². The second-order valence-corrected chi connectivity index (χ2v) is 7.83. The lowest BCUT2D eigenvalue weighted by Gasteiger charge is -2.19. The Morgan fingerprint density at radius 2 is 1.93 bits per heavy atom. The Kier molecular flexibility index (Phi) is 7.43. The molecule has 0 saturated heterocycles. The van der Waals surface area contributed by atoms with E-state index < -0.39 is 0 Å². The summed E-state index contributed by atoms with van der Waals surface area (Å²) in [4.78, 5) is 34.6. The lowest BCUT2D eigenvalue weighted by molar-refractivity contribution is -0.906. The first kappa shape index (κ1) is 21.1. The number of H-pyrrole nitrogens is 1. The van der Waals surface area contributed by atoms with E-state index in [0.717, 1.165) is 34.9 Å². The molecule has 1 aromatic heterocycles. The number of quaternary nitrogens is 1. The van der Waals surface area contributed by atoms with E-state index in [-0.39, 0.29) is 11.5 Å². The summed E-state index contributed by atoms with van der Waals surface area (Å²) in [6.07, 6.45) is 4.04. The van der Waals surface area contributed by atoms with Crippen LogP contribution in [0.4, 0.5) is 5.69 Å². The number of rotatable bonds is 9. The number of fused-ring (bicyclic) bond motifs is 1. The van der Waals surface area contributed by atoms with Crippen molar-refractivity contribution in [3.8, 4) is 0 Å². The summed E-state index contributed by atoms with van der Waals surface area (Å²) in [5, 5.41) is 3.60. The van der Waals surface area contributed by atoms with Crippen LogP contribution in [0, 0.1) is 0 Å². The van der Waals surface area contributed by atoms with E-state index in [4.69, 9.17) is 0 Å². The Balaban J connectivity index is 1.74. The standard InChI is InChI=1S/C22H26N4O2S/c1-3-4-13-26(15-21(27)24-18-11-7-8-12-19(18)29-2)14-20-23-17-10-6-5-9-16(17)22(28)25-20/h5-12H,3-4,13-15H2,1-2H3,(H,24,27)(H,23,25,28)/p+1. The van der Waals surface area contributed by atoms with E-state index in [0.29, 0.717) is 29.8 Å². The molecular weight excluding hydrogens is 384 g/mol. The predicted molar refractivity (Wildman–Crippen MR) is 119 cm³/mol. The normalized spacial score (nSPS) is 12.1. The maximum atomic E-state index is 12.7. The van der Waals surface area contributed by atoms with Gasteiger partial charge < -0.3 is 15.2 Å². The number of hydrogen-bond acceptors (Lipinski definition) is 4. The van der Waals surface area contributed by atoms with Gasteiger partial charge in [-0.3, -0.25) is 9.59 Å². The molecule has 3 aromatic rings. The second-order valence-electron chi connectivity index (χ2n) is 6.99. The zero-order valence-electron chi connectivity index (χ0n) is 16.8. The molecule has 6 nitrogen and oxygen atoms in total.